The Hall–Kier alpha value is -10.4. The Bertz CT molecular complexity index is 4430. The number of hydrogen-bond donors (Lipinski definition) is 0. The molecule has 6 aliphatic heterocycles. The Kier molecular flexibility index (Phi) is 18.9. The summed E-state index contributed by atoms with van der Waals surface area (Å²) in [6.07, 6.45) is 8.37. The van der Waals surface area contributed by atoms with Gasteiger partial charge in [0.15, 0.2) is 23.2 Å². The largest absolute Gasteiger partial charge is 0.434 e. The van der Waals surface area contributed by atoms with Gasteiger partial charge in [-0.25, -0.2) is 58.6 Å². The maximum absolute atomic E-state index is 14.8. The number of alkyl halides is 9. The third-order valence-electron chi connectivity index (χ3n) is 19.8. The molecule has 100 heavy (non-hydrogen) atoms. The van der Waals surface area contributed by atoms with Gasteiger partial charge >= 0.3 is 18.5 Å². The van der Waals surface area contributed by atoms with Crippen LogP contribution in [0.15, 0.2) is 153 Å². The Balaban J connectivity index is 0.000000134. The summed E-state index contributed by atoms with van der Waals surface area (Å²) in [5.41, 5.74) is 1.03. The molecule has 6 fully saturated rings. The molecule has 12 heterocycles. The van der Waals surface area contributed by atoms with Crippen molar-refractivity contribution in [3.8, 4) is 34.2 Å². The lowest BCUT2D eigenvalue weighted by Crippen LogP contribution is -2.44. The number of aromatic nitrogens is 11. The molecule has 18 nitrogen and oxygen atoms in total. The highest BCUT2D eigenvalue weighted by molar-refractivity contribution is 6.03. The van der Waals surface area contributed by atoms with Crippen molar-refractivity contribution >= 4 is 23.5 Å². The predicted octanol–water partition coefficient (Wildman–Crippen LogP) is 13.4. The van der Waals surface area contributed by atoms with E-state index in [2.05, 4.69) is 54.8 Å². The lowest BCUT2D eigenvalue weighted by molar-refractivity contribution is -0.141. The number of hydrogen-bond acceptors (Lipinski definition) is 15. The van der Waals surface area contributed by atoms with Gasteiger partial charge in [0.1, 0.15) is 23.3 Å². The van der Waals surface area contributed by atoms with Crippen LogP contribution in [0.1, 0.15) is 123 Å². The van der Waals surface area contributed by atoms with Crippen LogP contribution >= 0.6 is 0 Å². The smallest absolute Gasteiger partial charge is 0.353 e. The molecule has 0 spiro atoms. The fourth-order valence-electron chi connectivity index (χ4n) is 15.3. The molecule has 0 N–H and O–H groups in total. The number of likely N-dealkylation sites (N-methyl/N-ethyl adjacent to an activating group) is 1. The third kappa shape index (κ3) is 13.9. The van der Waals surface area contributed by atoms with Crippen molar-refractivity contribution in [3.05, 3.63) is 215 Å². The number of fused-ring (bicyclic) bond motifs is 6. The zero-order valence-electron chi connectivity index (χ0n) is 53.5. The van der Waals surface area contributed by atoms with Gasteiger partial charge in [-0.1, -0.05) is 18.2 Å². The van der Waals surface area contributed by atoms with Gasteiger partial charge in [-0.2, -0.15) is 39.5 Å². The minimum atomic E-state index is -4.56. The standard InChI is InChI=1S/C24H20F4N4O.C24H22F3N5O.C23H20F4N6O/c25-16-3-6-19(20(12-16)22-29-8-1-9-30-22)23(33)32-18-5-7-21(32)14(11-18)10-17-4-2-15(13-31-17)24(26,27)28;1-14-4-2-5-18(21(14)22-28-8-3-9-29-22)23(33)32-17-6-7-19(32)15(10-17)11-20-30-12-16(13-31-20)24(25,26)27;1-32(19-12-30-18(11-31-19)23(25,26)27)17-10-13-6-7-16(17)33(13)22(34)14-4-2-5-15(24)20(14)21-28-8-3-9-29-21/h1-4,6,8-9,12-14,18,21H,5,7,10-11H2;2-5,8-9,12-13,15,17,19H,6-7,10-11H2,1H3;2-5,8-9,11-13,16-17H,6-7,10H2,1H3. The molecule has 9 unspecified atom stereocenters. The van der Waals surface area contributed by atoms with E-state index in [0.29, 0.717) is 65.3 Å². The molecule has 9 atom stereocenters. The molecular formula is C71H62F11N15O3. The molecule has 516 valence electrons. The average molecular weight is 1380 g/mol. The van der Waals surface area contributed by atoms with E-state index in [1.165, 1.54) is 61.2 Å². The zero-order chi connectivity index (χ0) is 70.4. The average Bonchev–Trinajstić information content (AvgIpc) is 1.60. The minimum absolute atomic E-state index is 0.0125. The molecule has 6 aliphatic rings. The van der Waals surface area contributed by atoms with Gasteiger partial charge in [-0.3, -0.25) is 19.4 Å². The number of carbonyl (C=O) groups excluding carboxylic acids is 3. The number of aryl methyl sites for hydroxylation is 1. The molecule has 3 aromatic carbocycles. The summed E-state index contributed by atoms with van der Waals surface area (Å²) < 4.78 is 144. The fourth-order valence-corrected chi connectivity index (χ4v) is 15.3. The van der Waals surface area contributed by atoms with Gasteiger partial charge in [0.05, 0.1) is 57.9 Å². The van der Waals surface area contributed by atoms with Crippen LogP contribution in [0, 0.1) is 30.4 Å². The number of rotatable bonds is 12. The number of nitrogens with zero attached hydrogens (tertiary/aromatic N) is 15. The zero-order valence-corrected chi connectivity index (χ0v) is 53.5. The first kappa shape index (κ1) is 68.2. The van der Waals surface area contributed by atoms with Crippen LogP contribution in [-0.2, 0) is 31.4 Å². The summed E-state index contributed by atoms with van der Waals surface area (Å²) in [7, 11) is 1.73. The van der Waals surface area contributed by atoms with Gasteiger partial charge in [-0.15, -0.1) is 0 Å². The Labute approximate surface area is 565 Å². The summed E-state index contributed by atoms with van der Waals surface area (Å²) in [6, 6.07) is 21.0. The molecule has 0 radical (unpaired) electrons. The van der Waals surface area contributed by atoms with Crippen molar-refractivity contribution in [1.29, 1.82) is 0 Å². The summed E-state index contributed by atoms with van der Waals surface area (Å²) in [5, 5.41) is 0. The summed E-state index contributed by atoms with van der Waals surface area (Å²) in [4.78, 5) is 92.9. The number of amides is 3. The summed E-state index contributed by atoms with van der Waals surface area (Å²) in [6.45, 7) is 1.94. The monoisotopic (exact) mass is 1380 g/mol. The molecule has 6 aromatic heterocycles. The maximum Gasteiger partial charge on any atom is 0.434 e. The van der Waals surface area contributed by atoms with Crippen LogP contribution in [0.25, 0.3) is 34.2 Å². The summed E-state index contributed by atoms with van der Waals surface area (Å²) in [5.74, 6) is 0.174. The van der Waals surface area contributed by atoms with Crippen LogP contribution < -0.4 is 4.90 Å². The van der Waals surface area contributed by atoms with Crippen LogP contribution in [0.4, 0.5) is 54.1 Å². The first-order chi connectivity index (χ1) is 47.9. The number of anilines is 1. The molecule has 3 amide bonds. The summed E-state index contributed by atoms with van der Waals surface area (Å²) >= 11 is 0. The second-order valence-corrected chi connectivity index (χ2v) is 25.6. The number of pyridine rings is 1. The third-order valence-corrected chi connectivity index (χ3v) is 19.8. The van der Waals surface area contributed by atoms with Gasteiger partial charge in [0.25, 0.3) is 17.7 Å². The van der Waals surface area contributed by atoms with Crippen LogP contribution in [-0.4, -0.2) is 137 Å². The van der Waals surface area contributed by atoms with E-state index < -0.39 is 47.0 Å². The van der Waals surface area contributed by atoms with E-state index in [4.69, 9.17) is 0 Å². The van der Waals surface area contributed by atoms with Gasteiger partial charge in [0, 0.05) is 116 Å². The molecule has 6 bridgehead atoms. The van der Waals surface area contributed by atoms with Crippen molar-refractivity contribution in [2.75, 3.05) is 11.9 Å². The Morgan fingerprint density at radius 1 is 0.470 bits per heavy atom. The first-order valence-electron chi connectivity index (χ1n) is 32.4. The maximum atomic E-state index is 14.8. The van der Waals surface area contributed by atoms with Crippen LogP contribution in [0.3, 0.4) is 0 Å². The van der Waals surface area contributed by atoms with E-state index >= 15 is 0 Å². The van der Waals surface area contributed by atoms with Crippen molar-refractivity contribution in [2.45, 2.75) is 138 Å². The SMILES string of the molecule is CN(c1cnc(C(F)(F)F)cn1)C1CC2CCC1N2C(=O)c1cccc(F)c1-c1ncccn1.Cc1cccc(C(=O)N2C3CCC2C(Cc2ncc(C(F)(F)F)cn2)C3)c1-c1ncccn1.O=C(c1ccc(F)cc1-c1ncccn1)N1C2CCC1C(Cc1ccc(C(F)(F)F)cn1)C2. The molecule has 0 aliphatic carbocycles. The number of halogens is 11. The Morgan fingerprint density at radius 3 is 1.53 bits per heavy atom. The van der Waals surface area contributed by atoms with Gasteiger partial charge in [-0.05, 0) is 155 Å². The highest BCUT2D eigenvalue weighted by Gasteiger charge is 2.53. The highest BCUT2D eigenvalue weighted by atomic mass is 19.4. The topological polar surface area (TPSA) is 206 Å². The van der Waals surface area contributed by atoms with E-state index in [1.807, 2.05) is 34.9 Å². The van der Waals surface area contributed by atoms with E-state index in [-0.39, 0.29) is 94.6 Å². The van der Waals surface area contributed by atoms with Crippen molar-refractivity contribution in [1.82, 2.24) is 69.5 Å². The second-order valence-electron chi connectivity index (χ2n) is 25.6. The number of carbonyl (C=O) groups is 3. The lowest BCUT2D eigenvalue weighted by atomic mass is 9.86. The predicted molar refractivity (Wildman–Crippen MR) is 340 cm³/mol. The molecular weight excluding hydrogens is 1320 g/mol. The first-order valence-corrected chi connectivity index (χ1v) is 32.4. The van der Waals surface area contributed by atoms with Crippen LogP contribution in [0.5, 0.6) is 0 Å². The fraction of sp³-hybridized carbons (Fsp3) is 0.352. The normalized spacial score (nSPS) is 21.9. The lowest BCUT2D eigenvalue weighted by Gasteiger charge is -2.32. The van der Waals surface area contributed by atoms with E-state index in [9.17, 15) is 62.7 Å². The van der Waals surface area contributed by atoms with Crippen molar-refractivity contribution in [3.63, 3.8) is 0 Å². The molecule has 6 saturated heterocycles. The van der Waals surface area contributed by atoms with Gasteiger partial charge in [0.2, 0.25) is 0 Å². The van der Waals surface area contributed by atoms with Crippen molar-refractivity contribution in [2.24, 2.45) is 11.8 Å². The quantitative estimate of drug-likeness (QED) is 0.104. The van der Waals surface area contributed by atoms with E-state index in [1.54, 1.807) is 53.5 Å². The second kappa shape index (κ2) is 27.8. The van der Waals surface area contributed by atoms with E-state index in [0.717, 1.165) is 93.3 Å². The Morgan fingerprint density at radius 2 is 0.980 bits per heavy atom. The van der Waals surface area contributed by atoms with Crippen LogP contribution in [0.2, 0.25) is 0 Å². The van der Waals surface area contributed by atoms with Gasteiger partial charge < -0.3 is 19.6 Å². The molecule has 15 rings (SSSR count). The molecule has 9 aromatic rings. The highest BCUT2D eigenvalue weighted by Crippen LogP contribution is 2.48. The molecule has 0 saturated carbocycles. The molecule has 29 heteroatoms. The number of benzene rings is 3. The minimum Gasteiger partial charge on any atom is -0.353 e. The van der Waals surface area contributed by atoms with Crippen molar-refractivity contribution < 1.29 is 62.7 Å².